The van der Waals surface area contributed by atoms with Crippen molar-refractivity contribution in [1.82, 2.24) is 19.4 Å². The van der Waals surface area contributed by atoms with E-state index in [1.807, 2.05) is 17.6 Å². The van der Waals surface area contributed by atoms with E-state index in [0.29, 0.717) is 0 Å². The van der Waals surface area contributed by atoms with Crippen molar-refractivity contribution >= 4 is 70.6 Å². The Morgan fingerprint density at radius 3 is 2.20 bits per heavy atom. The second-order valence-corrected chi connectivity index (χ2v) is 12.1. The molecular weight excluding hydrogens is 557 g/mol. The van der Waals surface area contributed by atoms with Gasteiger partial charge in [0.05, 0.1) is 43.5 Å². The predicted octanol–water partition coefficient (Wildman–Crippen LogP) is 10.4. The Hall–Kier alpha value is -5.65. The molecule has 0 aliphatic rings. The first-order chi connectivity index (χ1) is 21.8. The van der Waals surface area contributed by atoms with Crippen molar-refractivity contribution in [3.05, 3.63) is 133 Å². The lowest BCUT2D eigenvalue weighted by Gasteiger charge is -2.11. The summed E-state index contributed by atoms with van der Waals surface area (Å²) < 4.78 is 3.63. The molecule has 0 saturated carbocycles. The first kappa shape index (κ1) is 23.9. The van der Waals surface area contributed by atoms with Gasteiger partial charge in [-0.3, -0.25) is 0 Å². The van der Waals surface area contributed by atoms with Crippen LogP contribution in [0.4, 0.5) is 0 Å². The van der Waals surface area contributed by atoms with Gasteiger partial charge in [0.1, 0.15) is 0 Å². The average Bonchev–Trinajstić information content (AvgIpc) is 3.79. The number of fused-ring (bicyclic) bond motifs is 9. The molecule has 4 aromatic heterocycles. The quantitative estimate of drug-likeness (QED) is 0.209. The summed E-state index contributed by atoms with van der Waals surface area (Å²) in [5, 5.41) is 6.00. The van der Waals surface area contributed by atoms with Crippen molar-refractivity contribution in [1.29, 1.82) is 0 Å². The minimum absolute atomic E-state index is 0.723. The van der Waals surface area contributed by atoms with Crippen molar-refractivity contribution in [2.24, 2.45) is 0 Å². The average molecular weight is 579 g/mol. The highest BCUT2D eigenvalue weighted by molar-refractivity contribution is 7.18. The maximum absolute atomic E-state index is 5.26. The zero-order chi connectivity index (χ0) is 28.8. The number of thiazole rings is 1. The summed E-state index contributed by atoms with van der Waals surface area (Å²) in [6, 6.07) is 45.0. The molecule has 0 spiro atoms. The topological polar surface area (TPSA) is 43.1 Å². The van der Waals surface area contributed by atoms with Gasteiger partial charge >= 0.3 is 0 Å². The third-order valence-corrected chi connectivity index (χ3v) is 9.72. The van der Waals surface area contributed by atoms with Gasteiger partial charge in [0, 0.05) is 38.1 Å². The van der Waals surface area contributed by atoms with Crippen molar-refractivity contribution < 1.29 is 0 Å². The Kier molecular flexibility index (Phi) is 4.84. The van der Waals surface area contributed by atoms with Crippen molar-refractivity contribution in [3.63, 3.8) is 0 Å². The van der Waals surface area contributed by atoms with Crippen LogP contribution in [0.3, 0.4) is 0 Å². The van der Waals surface area contributed by atoms with Crippen LogP contribution in [0.2, 0.25) is 0 Å². The molecule has 0 atom stereocenters. The third-order valence-electron chi connectivity index (χ3n) is 8.87. The van der Waals surface area contributed by atoms with E-state index in [9.17, 15) is 0 Å². The van der Waals surface area contributed by atoms with E-state index in [1.54, 1.807) is 11.3 Å². The first-order valence-corrected chi connectivity index (χ1v) is 15.6. The predicted molar refractivity (Wildman–Crippen MR) is 184 cm³/mol. The van der Waals surface area contributed by atoms with E-state index >= 15 is 0 Å². The van der Waals surface area contributed by atoms with Crippen molar-refractivity contribution in [3.8, 4) is 33.8 Å². The van der Waals surface area contributed by atoms with Crippen LogP contribution in [0.25, 0.3) is 93.0 Å². The Morgan fingerprint density at radius 1 is 0.500 bits per heavy atom. The highest BCUT2D eigenvalue weighted by Gasteiger charge is 2.22. The van der Waals surface area contributed by atoms with Crippen LogP contribution in [-0.2, 0) is 0 Å². The van der Waals surface area contributed by atoms with Gasteiger partial charge in [0.25, 0.3) is 0 Å². The standard InChI is InChI=1S/C39H22N4S/c1-2-9-23(10-3-1)24-11-8-12-25(19-24)36-28-14-4-6-15-31(28)41-39(42-36)26-17-18-34-30(20-26)35-37-29(21-32-38(35)44-22-40-32)27-13-5-7-16-33(27)43(34)37/h1-22H. The van der Waals surface area contributed by atoms with Crippen molar-refractivity contribution in [2.75, 3.05) is 0 Å². The Bertz CT molecular complexity index is 2720. The molecule has 0 aliphatic carbocycles. The highest BCUT2D eigenvalue weighted by Crippen LogP contribution is 2.44. The fourth-order valence-electron chi connectivity index (χ4n) is 6.92. The summed E-state index contributed by atoms with van der Waals surface area (Å²) in [4.78, 5) is 15.1. The Morgan fingerprint density at radius 2 is 1.27 bits per heavy atom. The van der Waals surface area contributed by atoms with Crippen LogP contribution in [-0.4, -0.2) is 19.4 Å². The van der Waals surface area contributed by atoms with Crippen molar-refractivity contribution in [2.45, 2.75) is 0 Å². The van der Waals surface area contributed by atoms with Gasteiger partial charge in [-0.2, -0.15) is 0 Å². The number of nitrogens with zero attached hydrogens (tertiary/aromatic N) is 4. The van der Waals surface area contributed by atoms with Gasteiger partial charge in [0.2, 0.25) is 0 Å². The van der Waals surface area contributed by atoms with E-state index in [2.05, 4.69) is 120 Å². The molecule has 0 N–H and O–H groups in total. The van der Waals surface area contributed by atoms with Crippen LogP contribution < -0.4 is 0 Å². The Labute approximate surface area is 255 Å². The lowest BCUT2D eigenvalue weighted by Crippen LogP contribution is -1.95. The monoisotopic (exact) mass is 578 g/mol. The van der Waals surface area contributed by atoms with Gasteiger partial charge in [-0.15, -0.1) is 11.3 Å². The fraction of sp³-hybridized carbons (Fsp3) is 0. The molecule has 10 rings (SSSR count). The van der Waals surface area contributed by atoms with Crippen LogP contribution in [0, 0.1) is 0 Å². The lowest BCUT2D eigenvalue weighted by atomic mass is 9.99. The molecule has 6 aromatic carbocycles. The minimum Gasteiger partial charge on any atom is -0.308 e. The molecule has 5 heteroatoms. The van der Waals surface area contributed by atoms with Gasteiger partial charge in [-0.1, -0.05) is 84.9 Å². The van der Waals surface area contributed by atoms with E-state index in [-0.39, 0.29) is 0 Å². The zero-order valence-corrected chi connectivity index (χ0v) is 24.2. The molecule has 204 valence electrons. The Balaban J connectivity index is 1.24. The van der Waals surface area contributed by atoms with Crippen LogP contribution in [0.5, 0.6) is 0 Å². The molecular formula is C39H22N4S. The molecule has 0 radical (unpaired) electrons. The molecule has 0 unspecified atom stereocenters. The molecule has 0 aliphatic heterocycles. The van der Waals surface area contributed by atoms with Gasteiger partial charge in [-0.25, -0.2) is 15.0 Å². The summed E-state index contributed by atoms with van der Waals surface area (Å²) >= 11 is 1.71. The normalized spacial score (nSPS) is 12.1. The maximum Gasteiger partial charge on any atom is 0.160 e. The zero-order valence-electron chi connectivity index (χ0n) is 23.4. The largest absolute Gasteiger partial charge is 0.308 e. The van der Waals surface area contributed by atoms with E-state index in [0.717, 1.165) is 39.1 Å². The van der Waals surface area contributed by atoms with Gasteiger partial charge in [0.15, 0.2) is 5.82 Å². The maximum atomic E-state index is 5.26. The first-order valence-electron chi connectivity index (χ1n) is 14.7. The summed E-state index contributed by atoms with van der Waals surface area (Å²) in [7, 11) is 0. The third kappa shape index (κ3) is 3.30. The minimum atomic E-state index is 0.723. The molecule has 4 heterocycles. The summed E-state index contributed by atoms with van der Waals surface area (Å²) in [5.41, 5.74) is 13.0. The molecule has 4 nitrogen and oxygen atoms in total. The summed E-state index contributed by atoms with van der Waals surface area (Å²) in [5.74, 6) is 0.723. The number of aromatic nitrogens is 4. The number of hydrogen-bond donors (Lipinski definition) is 0. The summed E-state index contributed by atoms with van der Waals surface area (Å²) in [6.07, 6.45) is 0. The van der Waals surface area contributed by atoms with E-state index < -0.39 is 0 Å². The van der Waals surface area contributed by atoms with Crippen LogP contribution >= 0.6 is 11.3 Å². The van der Waals surface area contributed by atoms with E-state index in [4.69, 9.17) is 15.0 Å². The molecule has 0 saturated heterocycles. The lowest BCUT2D eigenvalue weighted by molar-refractivity contribution is 1.23. The molecule has 44 heavy (non-hydrogen) atoms. The fourth-order valence-corrected chi connectivity index (χ4v) is 7.75. The van der Waals surface area contributed by atoms with E-state index in [1.165, 1.54) is 53.9 Å². The SMILES string of the molecule is c1ccc(-c2cccc(-c3nc(-c4ccc5c(c4)c4c6scnc6cc6c7ccccc7n5c64)nc4ccccc34)c2)cc1. The molecule has 0 amide bonds. The summed E-state index contributed by atoms with van der Waals surface area (Å²) in [6.45, 7) is 0. The number of para-hydroxylation sites is 2. The second-order valence-electron chi connectivity index (χ2n) is 11.3. The molecule has 10 aromatic rings. The highest BCUT2D eigenvalue weighted by atomic mass is 32.1. The van der Waals surface area contributed by atoms with Crippen LogP contribution in [0.15, 0.2) is 133 Å². The molecule has 0 bridgehead atoms. The smallest absolute Gasteiger partial charge is 0.160 e. The van der Waals surface area contributed by atoms with Crippen LogP contribution in [0.1, 0.15) is 0 Å². The number of benzene rings is 6. The van der Waals surface area contributed by atoms with Gasteiger partial charge < -0.3 is 4.40 Å². The van der Waals surface area contributed by atoms with Gasteiger partial charge in [-0.05, 0) is 53.6 Å². The second kappa shape index (κ2) is 8.93. The molecule has 0 fully saturated rings. The number of hydrogen-bond acceptors (Lipinski definition) is 4. The number of rotatable bonds is 3.